The van der Waals surface area contributed by atoms with Gasteiger partial charge in [-0.2, -0.15) is 0 Å². The zero-order valence-corrected chi connectivity index (χ0v) is 13.4. The van der Waals surface area contributed by atoms with Gasteiger partial charge in [0, 0.05) is 11.3 Å². The predicted molar refractivity (Wildman–Crippen MR) is 80.7 cm³/mol. The fourth-order valence-electron chi connectivity index (χ4n) is 2.50. The van der Waals surface area contributed by atoms with Crippen molar-refractivity contribution in [2.45, 2.75) is 24.3 Å². The van der Waals surface area contributed by atoms with E-state index in [1.165, 1.54) is 28.8 Å². The van der Waals surface area contributed by atoms with Crippen molar-refractivity contribution in [3.8, 4) is 0 Å². The summed E-state index contributed by atoms with van der Waals surface area (Å²) in [6.07, 6.45) is 2.03. The van der Waals surface area contributed by atoms with Crippen molar-refractivity contribution in [2.75, 3.05) is 5.75 Å². The average molecular weight is 374 g/mol. The maximum Gasteiger partial charge on any atom is 0.327 e. The number of nitrogens with zero attached hydrogens (tertiary/aromatic N) is 1. The fourth-order valence-corrected chi connectivity index (χ4v) is 4.37. The summed E-state index contributed by atoms with van der Waals surface area (Å²) in [7, 11) is 0. The Labute approximate surface area is 133 Å². The van der Waals surface area contributed by atoms with Crippen LogP contribution in [0, 0.1) is 11.7 Å². The third-order valence-corrected chi connectivity index (χ3v) is 5.85. The van der Waals surface area contributed by atoms with Crippen LogP contribution < -0.4 is 0 Å². The summed E-state index contributed by atoms with van der Waals surface area (Å²) >= 11 is 4.55. The first-order valence-electron chi connectivity index (χ1n) is 6.61. The lowest BCUT2D eigenvalue weighted by atomic mass is 10.1. The Bertz CT molecular complexity index is 608. The molecule has 2 atom stereocenters. The highest BCUT2D eigenvalue weighted by molar-refractivity contribution is 9.10. The number of rotatable bonds is 3. The molecule has 0 radical (unpaired) electrons. The maximum atomic E-state index is 13.6. The second-order valence-corrected chi connectivity index (χ2v) is 7.26. The topological polar surface area (TPSA) is 57.6 Å². The van der Waals surface area contributed by atoms with Crippen molar-refractivity contribution in [2.24, 2.45) is 5.92 Å². The van der Waals surface area contributed by atoms with Crippen LogP contribution in [0.1, 0.15) is 23.2 Å². The Balaban J connectivity index is 1.91. The van der Waals surface area contributed by atoms with Crippen LogP contribution in [0.15, 0.2) is 22.7 Å². The highest BCUT2D eigenvalue weighted by atomic mass is 79.9. The van der Waals surface area contributed by atoms with Gasteiger partial charge >= 0.3 is 5.97 Å². The Morgan fingerprint density at radius 2 is 2.10 bits per heavy atom. The monoisotopic (exact) mass is 373 g/mol. The number of carboxylic acid groups (broad SMARTS) is 1. The number of aliphatic carboxylic acids is 1. The third kappa shape index (κ3) is 2.81. The van der Waals surface area contributed by atoms with Gasteiger partial charge < -0.3 is 10.0 Å². The quantitative estimate of drug-likeness (QED) is 0.884. The largest absolute Gasteiger partial charge is 0.480 e. The van der Waals surface area contributed by atoms with Gasteiger partial charge in [-0.15, -0.1) is 11.8 Å². The van der Waals surface area contributed by atoms with E-state index in [2.05, 4.69) is 15.9 Å². The van der Waals surface area contributed by atoms with Crippen molar-refractivity contribution in [1.82, 2.24) is 4.90 Å². The highest BCUT2D eigenvalue weighted by Crippen LogP contribution is 2.46. The van der Waals surface area contributed by atoms with Crippen molar-refractivity contribution < 1.29 is 19.1 Å². The summed E-state index contributed by atoms with van der Waals surface area (Å²) in [5, 5.41) is 9.20. The molecule has 112 valence electrons. The van der Waals surface area contributed by atoms with Crippen molar-refractivity contribution in [1.29, 1.82) is 0 Å². The third-order valence-electron chi connectivity index (χ3n) is 3.75. The van der Waals surface area contributed by atoms with Crippen LogP contribution >= 0.6 is 27.7 Å². The smallest absolute Gasteiger partial charge is 0.327 e. The number of benzene rings is 1. The normalized spacial score (nSPS) is 25.1. The zero-order chi connectivity index (χ0) is 15.1. The molecule has 7 heteroatoms. The van der Waals surface area contributed by atoms with Crippen LogP contribution in [0.4, 0.5) is 4.39 Å². The first-order chi connectivity index (χ1) is 9.99. The van der Waals surface area contributed by atoms with Crippen molar-refractivity contribution in [3.63, 3.8) is 0 Å². The van der Waals surface area contributed by atoms with Gasteiger partial charge in [0.05, 0.1) is 9.85 Å². The lowest BCUT2D eigenvalue weighted by molar-refractivity contribution is -0.141. The molecule has 2 unspecified atom stereocenters. The maximum absolute atomic E-state index is 13.6. The minimum atomic E-state index is -1.00. The highest BCUT2D eigenvalue weighted by Gasteiger charge is 2.48. The Kier molecular flexibility index (Phi) is 3.96. The molecule has 1 aromatic carbocycles. The Morgan fingerprint density at radius 3 is 2.67 bits per heavy atom. The van der Waals surface area contributed by atoms with E-state index in [1.807, 2.05) is 0 Å². The van der Waals surface area contributed by atoms with Gasteiger partial charge in [0.2, 0.25) is 0 Å². The number of amides is 1. The molecule has 4 nitrogen and oxygen atoms in total. The number of halogens is 2. The van der Waals surface area contributed by atoms with E-state index in [-0.39, 0.29) is 15.4 Å². The zero-order valence-electron chi connectivity index (χ0n) is 11.0. The Morgan fingerprint density at radius 1 is 1.38 bits per heavy atom. The minimum absolute atomic E-state index is 0.106. The van der Waals surface area contributed by atoms with E-state index < -0.39 is 23.7 Å². The van der Waals surface area contributed by atoms with Crippen molar-refractivity contribution >= 4 is 39.6 Å². The van der Waals surface area contributed by atoms with Gasteiger partial charge in [0.25, 0.3) is 5.91 Å². The summed E-state index contributed by atoms with van der Waals surface area (Å²) in [5.74, 6) is -1.18. The first kappa shape index (κ1) is 14.8. The summed E-state index contributed by atoms with van der Waals surface area (Å²) in [6, 6.07) is 3.30. The Hall–Kier alpha value is -1.08. The summed E-state index contributed by atoms with van der Waals surface area (Å²) in [6.45, 7) is 0. The van der Waals surface area contributed by atoms with Crippen molar-refractivity contribution in [3.05, 3.63) is 34.1 Å². The van der Waals surface area contributed by atoms with E-state index in [0.29, 0.717) is 11.7 Å². The van der Waals surface area contributed by atoms with E-state index in [9.17, 15) is 19.1 Å². The fraction of sp³-hybridized carbons (Fsp3) is 0.429. The molecule has 1 saturated carbocycles. The summed E-state index contributed by atoms with van der Waals surface area (Å²) < 4.78 is 13.9. The molecule has 2 aliphatic rings. The number of carboxylic acids is 1. The molecule has 1 heterocycles. The predicted octanol–water partition coefficient (Wildman–Crippen LogP) is 2.97. The van der Waals surface area contributed by atoms with Gasteiger partial charge in [-0.05, 0) is 52.9 Å². The van der Waals surface area contributed by atoms with Crippen LogP contribution in [-0.4, -0.2) is 39.1 Å². The molecule has 2 fully saturated rings. The lowest BCUT2D eigenvalue weighted by Gasteiger charge is -2.27. The molecule has 1 amide bonds. The summed E-state index contributed by atoms with van der Waals surface area (Å²) in [4.78, 5) is 25.4. The van der Waals surface area contributed by atoms with Crippen LogP contribution in [0.2, 0.25) is 0 Å². The second kappa shape index (κ2) is 5.61. The van der Waals surface area contributed by atoms with E-state index in [1.54, 1.807) is 0 Å². The first-order valence-corrected chi connectivity index (χ1v) is 8.45. The molecule has 1 saturated heterocycles. The number of carbonyl (C=O) groups is 2. The van der Waals surface area contributed by atoms with Crippen LogP contribution in [0.3, 0.4) is 0 Å². The number of hydrogen-bond donors (Lipinski definition) is 1. The molecule has 0 bridgehead atoms. The van der Waals surface area contributed by atoms with E-state index in [0.717, 1.165) is 18.9 Å². The van der Waals surface area contributed by atoms with Gasteiger partial charge in [0.15, 0.2) is 0 Å². The molecular weight excluding hydrogens is 361 g/mol. The molecule has 0 spiro atoms. The number of hydrogen-bond acceptors (Lipinski definition) is 3. The van der Waals surface area contributed by atoms with Gasteiger partial charge in [-0.3, -0.25) is 4.79 Å². The molecule has 1 aliphatic carbocycles. The molecule has 21 heavy (non-hydrogen) atoms. The molecule has 1 aromatic rings. The standard InChI is InChI=1S/C14H13BrFNO3S/c15-9-4-3-8(5-10(9)16)12(18)17-11(14(19)20)6-21-13(17)7-1-2-7/h3-5,7,11,13H,1-2,6H2,(H,19,20). The number of carbonyl (C=O) groups excluding carboxylic acids is 1. The van der Waals surface area contributed by atoms with E-state index >= 15 is 0 Å². The molecule has 1 aliphatic heterocycles. The van der Waals surface area contributed by atoms with Gasteiger partial charge in [0.1, 0.15) is 11.9 Å². The average Bonchev–Trinajstić information content (AvgIpc) is 3.19. The van der Waals surface area contributed by atoms with Gasteiger partial charge in [-0.1, -0.05) is 0 Å². The SMILES string of the molecule is O=C(O)C1CSC(C2CC2)N1C(=O)c1ccc(Br)c(F)c1. The van der Waals surface area contributed by atoms with Crippen LogP contribution in [0.5, 0.6) is 0 Å². The molecule has 0 aromatic heterocycles. The van der Waals surface area contributed by atoms with E-state index in [4.69, 9.17) is 0 Å². The number of thioether (sulfide) groups is 1. The lowest BCUT2D eigenvalue weighted by Crippen LogP contribution is -2.46. The van der Waals surface area contributed by atoms with Gasteiger partial charge in [-0.25, -0.2) is 9.18 Å². The molecule has 3 rings (SSSR count). The van der Waals surface area contributed by atoms with Crippen LogP contribution in [-0.2, 0) is 4.79 Å². The summed E-state index contributed by atoms with van der Waals surface area (Å²) in [5.41, 5.74) is 0.190. The van der Waals surface area contributed by atoms with Crippen LogP contribution in [0.25, 0.3) is 0 Å². The molecule has 1 N–H and O–H groups in total. The minimum Gasteiger partial charge on any atom is -0.480 e. The second-order valence-electron chi connectivity index (χ2n) is 5.26. The molecular formula is C14H13BrFNO3S.